The number of sulfone groups is 1. The van der Waals surface area contributed by atoms with Gasteiger partial charge in [0.2, 0.25) is 15.9 Å². The molecule has 0 aromatic carbocycles. The Hall–Kier alpha value is -1.20. The predicted octanol–water partition coefficient (Wildman–Crippen LogP) is -0.297. The molecular weight excluding hydrogens is 350 g/mol. The first kappa shape index (κ1) is 17.2. The van der Waals surface area contributed by atoms with Crippen LogP contribution in [0.4, 0.5) is 5.13 Å². The fourth-order valence-electron chi connectivity index (χ4n) is 2.16. The van der Waals surface area contributed by atoms with Gasteiger partial charge < -0.3 is 4.90 Å². The number of aromatic nitrogens is 1. The molecule has 1 N–H and O–H groups in total. The van der Waals surface area contributed by atoms with Crippen LogP contribution in [0, 0.1) is 0 Å². The Morgan fingerprint density at radius 3 is 2.77 bits per heavy atom. The summed E-state index contributed by atoms with van der Waals surface area (Å²) in [5.41, 5.74) is 0.453. The monoisotopic (exact) mass is 367 g/mol. The minimum Gasteiger partial charge on any atom is -0.341 e. The number of sulfonamides is 1. The van der Waals surface area contributed by atoms with Crippen molar-refractivity contribution in [2.24, 2.45) is 0 Å². The summed E-state index contributed by atoms with van der Waals surface area (Å²) in [6, 6.07) is -0.301. The summed E-state index contributed by atoms with van der Waals surface area (Å²) in [6.45, 7) is 0. The zero-order valence-corrected chi connectivity index (χ0v) is 14.6. The van der Waals surface area contributed by atoms with Gasteiger partial charge in [-0.3, -0.25) is 9.52 Å². The molecule has 1 fully saturated rings. The maximum atomic E-state index is 12.2. The van der Waals surface area contributed by atoms with Crippen molar-refractivity contribution in [3.63, 3.8) is 0 Å². The third-order valence-electron chi connectivity index (χ3n) is 3.31. The molecule has 1 aliphatic rings. The number of likely N-dealkylation sites (N-methyl/N-ethyl adjacent to an activating group) is 1. The predicted molar refractivity (Wildman–Crippen MR) is 84.1 cm³/mol. The van der Waals surface area contributed by atoms with E-state index in [1.54, 1.807) is 12.4 Å². The van der Waals surface area contributed by atoms with Gasteiger partial charge in [-0.05, 0) is 6.42 Å². The molecule has 2 rings (SSSR count). The molecule has 0 spiro atoms. The number of hydrogen-bond donors (Lipinski definition) is 1. The number of nitrogens with zero attached hydrogens (tertiary/aromatic N) is 2. The molecule has 0 saturated carbocycles. The molecule has 0 aliphatic carbocycles. The van der Waals surface area contributed by atoms with Gasteiger partial charge in [0.15, 0.2) is 15.0 Å². The van der Waals surface area contributed by atoms with E-state index in [2.05, 4.69) is 9.71 Å². The average molecular weight is 367 g/mol. The van der Waals surface area contributed by atoms with Crippen LogP contribution in [0.5, 0.6) is 0 Å². The highest BCUT2D eigenvalue weighted by molar-refractivity contribution is 7.92. The lowest BCUT2D eigenvalue weighted by atomic mass is 10.2. The van der Waals surface area contributed by atoms with E-state index in [4.69, 9.17) is 0 Å². The van der Waals surface area contributed by atoms with E-state index < -0.39 is 19.9 Å². The molecule has 0 unspecified atom stereocenters. The molecule has 1 atom stereocenters. The van der Waals surface area contributed by atoms with Gasteiger partial charge in [-0.25, -0.2) is 21.8 Å². The van der Waals surface area contributed by atoms with Gasteiger partial charge in [0.05, 0.1) is 29.9 Å². The van der Waals surface area contributed by atoms with E-state index >= 15 is 0 Å². The van der Waals surface area contributed by atoms with E-state index in [1.807, 2.05) is 0 Å². The maximum Gasteiger partial charge on any atom is 0.231 e. The highest BCUT2D eigenvalue weighted by Gasteiger charge is 2.32. The van der Waals surface area contributed by atoms with Crippen LogP contribution in [-0.4, -0.2) is 63.5 Å². The first-order valence-electron chi connectivity index (χ1n) is 6.44. The van der Waals surface area contributed by atoms with Crippen molar-refractivity contribution in [3.8, 4) is 0 Å². The normalized spacial score (nSPS) is 20.7. The molecule has 1 aromatic rings. The van der Waals surface area contributed by atoms with Crippen LogP contribution in [0.15, 0.2) is 5.38 Å². The molecular formula is C11H17N3O5S3. The molecule has 2 heterocycles. The Balaban J connectivity index is 1.97. The van der Waals surface area contributed by atoms with Crippen LogP contribution >= 0.6 is 11.3 Å². The number of carbonyl (C=O) groups excluding carboxylic acids is 1. The van der Waals surface area contributed by atoms with Crippen LogP contribution in [0.25, 0.3) is 0 Å². The first-order valence-corrected chi connectivity index (χ1v) is 11.0. The first-order chi connectivity index (χ1) is 10.1. The lowest BCUT2D eigenvalue weighted by Crippen LogP contribution is -2.38. The van der Waals surface area contributed by atoms with Gasteiger partial charge in [-0.1, -0.05) is 0 Å². The molecule has 1 aliphatic heterocycles. The summed E-state index contributed by atoms with van der Waals surface area (Å²) >= 11 is 1.09. The van der Waals surface area contributed by atoms with Crippen LogP contribution in [0.3, 0.4) is 0 Å². The lowest BCUT2D eigenvalue weighted by molar-refractivity contribution is -0.130. The van der Waals surface area contributed by atoms with Crippen molar-refractivity contribution in [3.05, 3.63) is 11.1 Å². The third-order valence-corrected chi connectivity index (χ3v) is 6.56. The zero-order valence-electron chi connectivity index (χ0n) is 12.1. The Bertz CT molecular complexity index is 769. The Morgan fingerprint density at radius 1 is 1.55 bits per heavy atom. The Labute approximate surface area is 133 Å². The van der Waals surface area contributed by atoms with Crippen molar-refractivity contribution in [1.29, 1.82) is 0 Å². The Kier molecular flexibility index (Phi) is 4.78. The molecule has 1 aromatic heterocycles. The number of thiazole rings is 1. The van der Waals surface area contributed by atoms with Crippen LogP contribution in [0.1, 0.15) is 12.1 Å². The number of amides is 1. The van der Waals surface area contributed by atoms with Crippen molar-refractivity contribution >= 4 is 42.2 Å². The minimum absolute atomic E-state index is 0.00676. The molecule has 1 amide bonds. The summed E-state index contributed by atoms with van der Waals surface area (Å²) in [5.74, 6) is -0.139. The van der Waals surface area contributed by atoms with Gasteiger partial charge >= 0.3 is 0 Å². The molecule has 124 valence electrons. The van der Waals surface area contributed by atoms with E-state index in [-0.39, 0.29) is 35.0 Å². The quantitative estimate of drug-likeness (QED) is 0.764. The highest BCUT2D eigenvalue weighted by Crippen LogP contribution is 2.20. The van der Waals surface area contributed by atoms with Crippen LogP contribution < -0.4 is 4.72 Å². The van der Waals surface area contributed by atoms with E-state index in [9.17, 15) is 21.6 Å². The van der Waals surface area contributed by atoms with Crippen LogP contribution in [-0.2, 0) is 31.1 Å². The molecule has 1 saturated heterocycles. The maximum absolute atomic E-state index is 12.2. The van der Waals surface area contributed by atoms with Gasteiger partial charge in [-0.2, -0.15) is 0 Å². The number of anilines is 1. The third kappa shape index (κ3) is 4.65. The minimum atomic E-state index is -3.40. The van der Waals surface area contributed by atoms with Crippen molar-refractivity contribution in [1.82, 2.24) is 9.88 Å². The fraction of sp³-hybridized carbons (Fsp3) is 0.636. The molecule has 22 heavy (non-hydrogen) atoms. The second kappa shape index (κ2) is 6.13. The topological polar surface area (TPSA) is 114 Å². The molecule has 11 heteroatoms. The lowest BCUT2D eigenvalue weighted by Gasteiger charge is -2.23. The second-order valence-electron chi connectivity index (χ2n) is 5.26. The fourth-order valence-corrected chi connectivity index (χ4v) is 5.50. The standard InChI is InChI=1S/C11H17N3O5S3/c1-14(9-3-4-22(18,19)7-9)10(15)5-8-6-20-11(12-8)13-21(2,16)17/h6,9H,3-5,7H2,1-2H3,(H,12,13)/t9-/m0/s1. The van der Waals surface area contributed by atoms with E-state index in [1.165, 1.54) is 4.90 Å². The van der Waals surface area contributed by atoms with E-state index in [0.29, 0.717) is 12.1 Å². The summed E-state index contributed by atoms with van der Waals surface area (Å²) in [7, 11) is -4.87. The van der Waals surface area contributed by atoms with Gasteiger partial charge in [0, 0.05) is 18.5 Å². The number of rotatable bonds is 5. The molecule has 0 radical (unpaired) electrons. The molecule has 0 bridgehead atoms. The van der Waals surface area contributed by atoms with Gasteiger partial charge in [-0.15, -0.1) is 11.3 Å². The molecule has 8 nitrogen and oxygen atoms in total. The average Bonchev–Trinajstić information content (AvgIpc) is 2.93. The van der Waals surface area contributed by atoms with Crippen molar-refractivity contribution < 1.29 is 21.6 Å². The number of hydrogen-bond acceptors (Lipinski definition) is 7. The zero-order chi connectivity index (χ0) is 16.5. The number of carbonyl (C=O) groups is 1. The van der Waals surface area contributed by atoms with Crippen molar-refractivity contribution in [2.75, 3.05) is 29.5 Å². The Morgan fingerprint density at radius 2 is 2.23 bits per heavy atom. The summed E-state index contributed by atoms with van der Waals surface area (Å²) in [6.07, 6.45) is 1.48. The van der Waals surface area contributed by atoms with Gasteiger partial charge in [0.25, 0.3) is 0 Å². The van der Waals surface area contributed by atoms with Crippen LogP contribution in [0.2, 0.25) is 0 Å². The van der Waals surface area contributed by atoms with Gasteiger partial charge in [0.1, 0.15) is 0 Å². The second-order valence-corrected chi connectivity index (χ2v) is 10.1. The van der Waals surface area contributed by atoms with Crippen molar-refractivity contribution in [2.45, 2.75) is 18.9 Å². The largest absolute Gasteiger partial charge is 0.341 e. The summed E-state index contributed by atoms with van der Waals surface area (Å²) < 4.78 is 47.3. The summed E-state index contributed by atoms with van der Waals surface area (Å²) in [4.78, 5) is 17.6. The SMILES string of the molecule is CN(C(=O)Cc1csc(NS(C)(=O)=O)n1)[C@H]1CCS(=O)(=O)C1. The smallest absolute Gasteiger partial charge is 0.231 e. The highest BCUT2D eigenvalue weighted by atomic mass is 32.2. The number of nitrogens with one attached hydrogen (secondary N) is 1. The summed E-state index contributed by atoms with van der Waals surface area (Å²) in [5, 5.41) is 1.81. The van der Waals surface area contributed by atoms with E-state index in [0.717, 1.165) is 17.6 Å².